The lowest BCUT2D eigenvalue weighted by Crippen LogP contribution is -2.22. The minimum Gasteiger partial charge on any atom is -0.299 e. The van der Waals surface area contributed by atoms with Crippen LogP contribution in [0.2, 0.25) is 0 Å². The first-order valence-corrected chi connectivity index (χ1v) is 7.90. The van der Waals surface area contributed by atoms with Crippen molar-refractivity contribution in [1.29, 1.82) is 0 Å². The third kappa shape index (κ3) is 4.12. The Hall–Kier alpha value is -0.330. The Bertz CT molecular complexity index is 228. The van der Waals surface area contributed by atoms with Gasteiger partial charge < -0.3 is 0 Å². The second-order valence-corrected chi connectivity index (χ2v) is 6.13. The summed E-state index contributed by atoms with van der Waals surface area (Å²) >= 11 is 0. The van der Waals surface area contributed by atoms with Gasteiger partial charge in [-0.25, -0.2) is 0 Å². The van der Waals surface area contributed by atoms with Gasteiger partial charge in [0.2, 0.25) is 0 Å². The molecule has 2 fully saturated rings. The highest BCUT2D eigenvalue weighted by atomic mass is 16.1. The first-order chi connectivity index (χ1) is 8.38. The molecule has 0 aromatic heterocycles. The Morgan fingerprint density at radius 1 is 0.647 bits per heavy atom. The minimum absolute atomic E-state index is 0.440. The summed E-state index contributed by atoms with van der Waals surface area (Å²) in [6.07, 6.45) is 16.7. The molecule has 0 aliphatic heterocycles. The average Bonchev–Trinajstić information content (AvgIpc) is 2.83. The van der Waals surface area contributed by atoms with Gasteiger partial charge in [-0.3, -0.25) is 4.79 Å². The summed E-state index contributed by atoms with van der Waals surface area (Å²) in [5, 5.41) is 0. The van der Waals surface area contributed by atoms with Crippen molar-refractivity contribution in [3.8, 4) is 0 Å². The molecule has 2 aliphatic carbocycles. The van der Waals surface area contributed by atoms with Crippen molar-refractivity contribution in [3.05, 3.63) is 0 Å². The lowest BCUT2D eigenvalue weighted by Gasteiger charge is -2.22. The summed E-state index contributed by atoms with van der Waals surface area (Å²) < 4.78 is 0. The largest absolute Gasteiger partial charge is 0.299 e. The second-order valence-electron chi connectivity index (χ2n) is 6.13. The predicted molar refractivity (Wildman–Crippen MR) is 72.0 cm³/mol. The number of carbonyl (C=O) groups excluding carboxylic acids is 1. The molecule has 0 amide bonds. The number of rotatable bonds is 1. The zero-order valence-corrected chi connectivity index (χ0v) is 11.3. The van der Waals surface area contributed by atoms with Gasteiger partial charge in [0.1, 0.15) is 5.78 Å². The number of ketones is 1. The molecule has 0 heterocycles. The van der Waals surface area contributed by atoms with Crippen LogP contribution in [0.4, 0.5) is 0 Å². The Balaban J connectivity index is 1.90. The van der Waals surface area contributed by atoms with Crippen molar-refractivity contribution in [2.45, 2.75) is 83.5 Å². The van der Waals surface area contributed by atoms with Gasteiger partial charge in [-0.05, 0) is 31.6 Å². The zero-order valence-electron chi connectivity index (χ0n) is 11.3. The van der Waals surface area contributed by atoms with Gasteiger partial charge in [0.25, 0.3) is 0 Å². The monoisotopic (exact) mass is 236 g/mol. The van der Waals surface area contributed by atoms with Crippen LogP contribution in [0.5, 0.6) is 0 Å². The first-order valence-electron chi connectivity index (χ1n) is 7.90. The van der Waals surface area contributed by atoms with Crippen LogP contribution in [0.1, 0.15) is 83.5 Å². The van der Waals surface area contributed by atoms with E-state index in [9.17, 15) is 4.79 Å². The fraction of sp³-hybridized carbons (Fsp3) is 0.938. The molecule has 0 radical (unpaired) electrons. The molecule has 2 rings (SSSR count). The lowest BCUT2D eigenvalue weighted by atomic mass is 9.82. The van der Waals surface area contributed by atoms with E-state index in [2.05, 4.69) is 0 Å². The van der Waals surface area contributed by atoms with Crippen molar-refractivity contribution in [1.82, 2.24) is 0 Å². The molecule has 2 aliphatic rings. The number of Topliss-reactive ketones (excluding diaryl/α,β-unsaturated/α-hetero) is 1. The smallest absolute Gasteiger partial charge is 0.136 e. The average molecular weight is 236 g/mol. The van der Waals surface area contributed by atoms with Crippen LogP contribution in [0.25, 0.3) is 0 Å². The van der Waals surface area contributed by atoms with E-state index in [1.165, 1.54) is 70.6 Å². The number of carbonyl (C=O) groups is 1. The SMILES string of the molecule is O=C1CCCCCCCCCC1C1CCCC1. The second kappa shape index (κ2) is 7.18. The molecule has 17 heavy (non-hydrogen) atoms. The molecule has 0 spiro atoms. The van der Waals surface area contributed by atoms with Crippen molar-refractivity contribution in [2.75, 3.05) is 0 Å². The highest BCUT2D eigenvalue weighted by Crippen LogP contribution is 2.35. The molecule has 0 saturated heterocycles. The highest BCUT2D eigenvalue weighted by molar-refractivity contribution is 5.81. The summed E-state index contributed by atoms with van der Waals surface area (Å²) in [6.45, 7) is 0. The quantitative estimate of drug-likeness (QED) is 0.633. The molecule has 0 aromatic rings. The van der Waals surface area contributed by atoms with Gasteiger partial charge in [-0.2, -0.15) is 0 Å². The minimum atomic E-state index is 0.440. The van der Waals surface area contributed by atoms with E-state index in [0.717, 1.165) is 18.8 Å². The molecule has 0 N–H and O–H groups in total. The first kappa shape index (κ1) is 13.1. The van der Waals surface area contributed by atoms with Gasteiger partial charge in [-0.1, -0.05) is 51.4 Å². The Morgan fingerprint density at radius 2 is 1.18 bits per heavy atom. The van der Waals surface area contributed by atoms with E-state index < -0.39 is 0 Å². The van der Waals surface area contributed by atoms with Gasteiger partial charge in [-0.15, -0.1) is 0 Å². The van der Waals surface area contributed by atoms with E-state index in [1.54, 1.807) is 0 Å². The maximum absolute atomic E-state index is 12.3. The third-order valence-corrected chi connectivity index (χ3v) is 4.82. The molecule has 1 atom stereocenters. The van der Waals surface area contributed by atoms with Crippen molar-refractivity contribution >= 4 is 5.78 Å². The Morgan fingerprint density at radius 3 is 1.88 bits per heavy atom. The van der Waals surface area contributed by atoms with Crippen LogP contribution in [-0.4, -0.2) is 5.78 Å². The molecular weight excluding hydrogens is 208 g/mol. The maximum Gasteiger partial charge on any atom is 0.136 e. The van der Waals surface area contributed by atoms with E-state index in [4.69, 9.17) is 0 Å². The molecule has 98 valence electrons. The standard InChI is InChI=1S/C16H28O/c17-16-13-7-5-3-1-2-4-6-12-15(16)14-10-8-9-11-14/h14-15H,1-13H2. The van der Waals surface area contributed by atoms with Gasteiger partial charge in [0, 0.05) is 12.3 Å². The van der Waals surface area contributed by atoms with Crippen molar-refractivity contribution in [3.63, 3.8) is 0 Å². The third-order valence-electron chi connectivity index (χ3n) is 4.82. The van der Waals surface area contributed by atoms with E-state index >= 15 is 0 Å². The normalized spacial score (nSPS) is 30.1. The van der Waals surface area contributed by atoms with E-state index in [0.29, 0.717) is 11.7 Å². The molecule has 1 nitrogen and oxygen atoms in total. The Kier molecular flexibility index (Phi) is 5.54. The topological polar surface area (TPSA) is 17.1 Å². The van der Waals surface area contributed by atoms with Crippen LogP contribution < -0.4 is 0 Å². The predicted octanol–water partition coefficient (Wildman–Crippen LogP) is 4.89. The molecule has 0 bridgehead atoms. The fourth-order valence-corrected chi connectivity index (χ4v) is 3.75. The molecule has 1 unspecified atom stereocenters. The van der Waals surface area contributed by atoms with Gasteiger partial charge >= 0.3 is 0 Å². The maximum atomic E-state index is 12.3. The summed E-state index contributed by atoms with van der Waals surface area (Å²) in [6, 6.07) is 0. The van der Waals surface area contributed by atoms with Crippen molar-refractivity contribution < 1.29 is 4.79 Å². The van der Waals surface area contributed by atoms with E-state index in [1.807, 2.05) is 0 Å². The Labute approximate surface area is 106 Å². The highest BCUT2D eigenvalue weighted by Gasteiger charge is 2.29. The number of hydrogen-bond donors (Lipinski definition) is 0. The summed E-state index contributed by atoms with van der Waals surface area (Å²) in [4.78, 5) is 12.3. The summed E-state index contributed by atoms with van der Waals surface area (Å²) in [7, 11) is 0. The van der Waals surface area contributed by atoms with Crippen LogP contribution >= 0.6 is 0 Å². The van der Waals surface area contributed by atoms with Crippen molar-refractivity contribution in [2.24, 2.45) is 11.8 Å². The summed E-state index contributed by atoms with van der Waals surface area (Å²) in [5.74, 6) is 1.80. The molecule has 2 saturated carbocycles. The fourth-order valence-electron chi connectivity index (χ4n) is 3.75. The molecular formula is C16H28O. The zero-order chi connectivity index (χ0) is 11.9. The van der Waals surface area contributed by atoms with Crippen LogP contribution in [0.15, 0.2) is 0 Å². The number of hydrogen-bond acceptors (Lipinski definition) is 1. The van der Waals surface area contributed by atoms with Gasteiger partial charge in [0.15, 0.2) is 0 Å². The van der Waals surface area contributed by atoms with Crippen LogP contribution in [-0.2, 0) is 4.79 Å². The van der Waals surface area contributed by atoms with Crippen LogP contribution in [0, 0.1) is 11.8 Å². The molecule has 0 aromatic carbocycles. The van der Waals surface area contributed by atoms with Gasteiger partial charge in [0.05, 0.1) is 0 Å². The van der Waals surface area contributed by atoms with Crippen LogP contribution in [0.3, 0.4) is 0 Å². The summed E-state index contributed by atoms with van der Waals surface area (Å²) in [5.41, 5.74) is 0. The molecule has 1 heteroatoms. The van der Waals surface area contributed by atoms with E-state index in [-0.39, 0.29) is 0 Å². The lowest BCUT2D eigenvalue weighted by molar-refractivity contribution is -0.124.